The van der Waals surface area contributed by atoms with Crippen molar-refractivity contribution in [3.05, 3.63) is 11.9 Å². The van der Waals surface area contributed by atoms with E-state index in [4.69, 9.17) is 9.47 Å². The fourth-order valence-corrected chi connectivity index (χ4v) is 5.36. The van der Waals surface area contributed by atoms with Gasteiger partial charge in [-0.05, 0) is 45.1 Å². The van der Waals surface area contributed by atoms with Gasteiger partial charge in [0.1, 0.15) is 0 Å². The summed E-state index contributed by atoms with van der Waals surface area (Å²) in [6.45, 7) is 3.30. The SMILES string of the molecule is COCCn1c(CN(C)CC2CCCCO2)cnc1S(=O)(=O)CC1CC1. The molecule has 1 saturated carbocycles. The fourth-order valence-electron chi connectivity index (χ4n) is 3.50. The van der Waals surface area contributed by atoms with E-state index in [0.717, 1.165) is 44.5 Å². The molecule has 0 amide bonds. The van der Waals surface area contributed by atoms with Crippen LogP contribution in [-0.2, 0) is 32.4 Å². The summed E-state index contributed by atoms with van der Waals surface area (Å²) >= 11 is 0. The number of rotatable bonds is 10. The predicted molar refractivity (Wildman–Crippen MR) is 98.8 cm³/mol. The van der Waals surface area contributed by atoms with Crippen LogP contribution in [0.1, 0.15) is 37.8 Å². The highest BCUT2D eigenvalue weighted by Crippen LogP contribution is 2.32. The molecule has 1 aliphatic carbocycles. The molecule has 0 spiro atoms. The molecule has 0 aromatic carbocycles. The monoisotopic (exact) mass is 385 g/mol. The Hall–Kier alpha value is -0.960. The van der Waals surface area contributed by atoms with E-state index in [1.165, 1.54) is 6.42 Å². The van der Waals surface area contributed by atoms with E-state index in [1.54, 1.807) is 13.3 Å². The van der Waals surface area contributed by atoms with Gasteiger partial charge >= 0.3 is 0 Å². The lowest BCUT2D eigenvalue weighted by Crippen LogP contribution is -2.33. The van der Waals surface area contributed by atoms with Crippen molar-refractivity contribution in [2.75, 3.05) is 39.7 Å². The molecule has 1 unspecified atom stereocenters. The Kier molecular flexibility index (Phi) is 6.71. The van der Waals surface area contributed by atoms with Crippen molar-refractivity contribution in [2.45, 2.75) is 56.5 Å². The zero-order valence-corrected chi connectivity index (χ0v) is 16.7. The Balaban J connectivity index is 1.70. The van der Waals surface area contributed by atoms with Gasteiger partial charge in [-0.3, -0.25) is 4.90 Å². The number of likely N-dealkylation sites (N-methyl/N-ethyl adjacent to an activating group) is 1. The van der Waals surface area contributed by atoms with Crippen molar-refractivity contribution in [2.24, 2.45) is 5.92 Å². The van der Waals surface area contributed by atoms with E-state index in [0.29, 0.717) is 25.6 Å². The number of hydrogen-bond acceptors (Lipinski definition) is 6. The van der Waals surface area contributed by atoms with Gasteiger partial charge in [0.25, 0.3) is 0 Å². The van der Waals surface area contributed by atoms with Gasteiger partial charge < -0.3 is 14.0 Å². The average molecular weight is 386 g/mol. The minimum Gasteiger partial charge on any atom is -0.383 e. The van der Waals surface area contributed by atoms with Crippen LogP contribution in [0.4, 0.5) is 0 Å². The third-order valence-electron chi connectivity index (χ3n) is 5.07. The highest BCUT2D eigenvalue weighted by molar-refractivity contribution is 7.91. The highest BCUT2D eigenvalue weighted by atomic mass is 32.2. The quantitative estimate of drug-likeness (QED) is 0.610. The molecule has 1 saturated heterocycles. The molecular weight excluding hydrogens is 354 g/mol. The maximum absolute atomic E-state index is 12.7. The minimum atomic E-state index is -3.35. The van der Waals surface area contributed by atoms with Crippen LogP contribution in [0.15, 0.2) is 11.4 Å². The first kappa shape index (κ1) is 19.8. The Morgan fingerprint density at radius 2 is 2.15 bits per heavy atom. The summed E-state index contributed by atoms with van der Waals surface area (Å²) in [7, 11) is 0.325. The Bertz CT molecular complexity index is 679. The second kappa shape index (κ2) is 8.82. The van der Waals surface area contributed by atoms with Crippen LogP contribution in [-0.4, -0.2) is 68.6 Å². The van der Waals surface area contributed by atoms with E-state index in [1.807, 2.05) is 11.6 Å². The number of methoxy groups -OCH3 is 1. The molecule has 0 bridgehead atoms. The van der Waals surface area contributed by atoms with Crippen LogP contribution < -0.4 is 0 Å². The van der Waals surface area contributed by atoms with Crippen molar-refractivity contribution in [3.8, 4) is 0 Å². The summed E-state index contributed by atoms with van der Waals surface area (Å²) < 4.78 is 38.3. The molecular formula is C18H31N3O4S. The summed E-state index contributed by atoms with van der Waals surface area (Å²) in [4.78, 5) is 6.47. The molecule has 8 heteroatoms. The van der Waals surface area contributed by atoms with Crippen LogP contribution in [0.5, 0.6) is 0 Å². The average Bonchev–Trinajstić information content (AvgIpc) is 3.31. The van der Waals surface area contributed by atoms with Crippen LogP contribution in [0.2, 0.25) is 0 Å². The third-order valence-corrected chi connectivity index (χ3v) is 6.86. The topological polar surface area (TPSA) is 73.7 Å². The molecule has 26 heavy (non-hydrogen) atoms. The summed E-state index contributed by atoms with van der Waals surface area (Å²) in [5.41, 5.74) is 0.912. The highest BCUT2D eigenvalue weighted by Gasteiger charge is 2.32. The second-order valence-corrected chi connectivity index (χ2v) is 9.51. The molecule has 1 aromatic heterocycles. The van der Waals surface area contributed by atoms with E-state index < -0.39 is 9.84 Å². The van der Waals surface area contributed by atoms with Crippen molar-refractivity contribution < 1.29 is 17.9 Å². The van der Waals surface area contributed by atoms with Gasteiger partial charge in [-0.25, -0.2) is 13.4 Å². The maximum Gasteiger partial charge on any atom is 0.227 e. The normalized spacial score (nSPS) is 21.4. The number of sulfone groups is 1. The van der Waals surface area contributed by atoms with E-state index in [2.05, 4.69) is 9.88 Å². The van der Waals surface area contributed by atoms with Gasteiger partial charge in [0.2, 0.25) is 15.0 Å². The van der Waals surface area contributed by atoms with Crippen molar-refractivity contribution >= 4 is 9.84 Å². The first-order valence-corrected chi connectivity index (χ1v) is 11.2. The van der Waals surface area contributed by atoms with E-state index in [9.17, 15) is 8.42 Å². The zero-order valence-electron chi connectivity index (χ0n) is 15.9. The molecule has 1 aromatic rings. The summed E-state index contributed by atoms with van der Waals surface area (Å²) in [6, 6.07) is 0. The summed E-state index contributed by atoms with van der Waals surface area (Å²) in [6.07, 6.45) is 7.44. The largest absolute Gasteiger partial charge is 0.383 e. The number of hydrogen-bond donors (Lipinski definition) is 0. The summed E-state index contributed by atoms with van der Waals surface area (Å²) in [5.74, 6) is 0.518. The summed E-state index contributed by atoms with van der Waals surface area (Å²) in [5, 5.41) is 0.193. The first-order valence-electron chi connectivity index (χ1n) is 9.56. The van der Waals surface area contributed by atoms with Gasteiger partial charge in [0, 0.05) is 33.4 Å². The number of aromatic nitrogens is 2. The number of nitrogens with zero attached hydrogens (tertiary/aromatic N) is 3. The minimum absolute atomic E-state index is 0.193. The standard InChI is InChI=1S/C18H31N3O4S/c1-20(13-17-5-3-4-9-25-17)12-16-11-19-18(21(16)8-10-24-2)26(22,23)14-15-6-7-15/h11,15,17H,3-10,12-14H2,1-2H3. The molecule has 148 valence electrons. The van der Waals surface area contributed by atoms with Gasteiger partial charge in [-0.1, -0.05) is 0 Å². The number of imidazole rings is 1. The van der Waals surface area contributed by atoms with Gasteiger partial charge in [0.05, 0.1) is 30.4 Å². The Morgan fingerprint density at radius 1 is 1.35 bits per heavy atom. The van der Waals surface area contributed by atoms with Crippen LogP contribution in [0.3, 0.4) is 0 Å². The Labute approximate surface area is 156 Å². The smallest absolute Gasteiger partial charge is 0.227 e. The molecule has 3 rings (SSSR count). The molecule has 0 radical (unpaired) electrons. The maximum atomic E-state index is 12.7. The van der Waals surface area contributed by atoms with Crippen LogP contribution >= 0.6 is 0 Å². The zero-order chi connectivity index (χ0) is 18.6. The second-order valence-electron chi connectivity index (χ2n) is 7.59. The lowest BCUT2D eigenvalue weighted by atomic mass is 10.1. The Morgan fingerprint density at radius 3 is 2.81 bits per heavy atom. The lowest BCUT2D eigenvalue weighted by Gasteiger charge is -2.27. The molecule has 1 atom stereocenters. The molecule has 7 nitrogen and oxygen atoms in total. The molecule has 2 aliphatic rings. The molecule has 2 fully saturated rings. The van der Waals surface area contributed by atoms with Crippen molar-refractivity contribution in [3.63, 3.8) is 0 Å². The van der Waals surface area contributed by atoms with Crippen LogP contribution in [0.25, 0.3) is 0 Å². The van der Waals surface area contributed by atoms with Gasteiger partial charge in [-0.15, -0.1) is 0 Å². The van der Waals surface area contributed by atoms with E-state index >= 15 is 0 Å². The molecule has 0 N–H and O–H groups in total. The van der Waals surface area contributed by atoms with Crippen LogP contribution in [0, 0.1) is 5.92 Å². The first-order chi connectivity index (χ1) is 12.5. The van der Waals surface area contributed by atoms with Gasteiger partial charge in [0.15, 0.2) is 0 Å². The lowest BCUT2D eigenvalue weighted by molar-refractivity contribution is -0.00294. The predicted octanol–water partition coefficient (Wildman–Crippen LogP) is 1.71. The third kappa shape index (κ3) is 5.28. The van der Waals surface area contributed by atoms with Gasteiger partial charge in [-0.2, -0.15) is 0 Å². The molecule has 2 heterocycles. The van der Waals surface area contributed by atoms with Crippen molar-refractivity contribution in [1.29, 1.82) is 0 Å². The van der Waals surface area contributed by atoms with Crippen molar-refractivity contribution in [1.82, 2.24) is 14.5 Å². The van der Waals surface area contributed by atoms with E-state index in [-0.39, 0.29) is 17.0 Å². The number of ether oxygens (including phenoxy) is 2. The fraction of sp³-hybridized carbons (Fsp3) is 0.833. The molecule has 1 aliphatic heterocycles.